The van der Waals surface area contributed by atoms with E-state index in [-0.39, 0.29) is 11.9 Å². The van der Waals surface area contributed by atoms with Gasteiger partial charge in [-0.15, -0.1) is 10.2 Å². The summed E-state index contributed by atoms with van der Waals surface area (Å²) in [6, 6.07) is 13.5. The zero-order valence-electron chi connectivity index (χ0n) is 15.1. The van der Waals surface area contributed by atoms with E-state index in [1.54, 1.807) is 6.07 Å². The van der Waals surface area contributed by atoms with Crippen LogP contribution in [0.2, 0.25) is 0 Å². The maximum Gasteiger partial charge on any atom is 0.241 e. The number of ether oxygens (including phenoxy) is 1. The maximum atomic E-state index is 10.4. The van der Waals surface area contributed by atoms with Gasteiger partial charge in [0, 0.05) is 22.9 Å². The van der Waals surface area contributed by atoms with Crippen LogP contribution >= 0.6 is 0 Å². The predicted octanol–water partition coefficient (Wildman–Crippen LogP) is 3.78. The molecule has 2 aromatic carbocycles. The number of fused-ring (bicyclic) bond motifs is 1. The molecule has 1 unspecified atom stereocenters. The molecule has 1 saturated heterocycles. The van der Waals surface area contributed by atoms with Crippen molar-refractivity contribution in [3.63, 3.8) is 0 Å². The number of piperidine rings is 1. The highest BCUT2D eigenvalue weighted by Gasteiger charge is 2.21. The van der Waals surface area contributed by atoms with Crippen LogP contribution in [0, 0.1) is 6.92 Å². The van der Waals surface area contributed by atoms with Crippen molar-refractivity contribution >= 4 is 10.8 Å². The minimum absolute atomic E-state index is 0.130. The van der Waals surface area contributed by atoms with Crippen LogP contribution in [-0.4, -0.2) is 46.4 Å². The number of hydrogen-bond donors (Lipinski definition) is 1. The Morgan fingerprint density at radius 1 is 1.12 bits per heavy atom. The Morgan fingerprint density at radius 2 is 1.92 bits per heavy atom. The summed E-state index contributed by atoms with van der Waals surface area (Å²) in [6.07, 6.45) is 2.29. The van der Waals surface area contributed by atoms with E-state index in [1.165, 1.54) is 0 Å². The van der Waals surface area contributed by atoms with Crippen molar-refractivity contribution < 1.29 is 9.84 Å². The van der Waals surface area contributed by atoms with Crippen LogP contribution in [-0.2, 0) is 0 Å². The van der Waals surface area contributed by atoms with Gasteiger partial charge in [0.15, 0.2) is 0 Å². The third-order valence-electron chi connectivity index (χ3n) is 4.92. The van der Waals surface area contributed by atoms with E-state index in [4.69, 9.17) is 4.74 Å². The van der Waals surface area contributed by atoms with Crippen LogP contribution in [0.4, 0.5) is 0 Å². The van der Waals surface area contributed by atoms with Gasteiger partial charge in [0.25, 0.3) is 0 Å². The molecule has 1 fully saturated rings. The second-order valence-electron chi connectivity index (χ2n) is 7.06. The molecular formula is C21H23N3O2. The average Bonchev–Trinajstić information content (AvgIpc) is 2.63. The molecule has 0 spiro atoms. The molecule has 0 aliphatic carbocycles. The van der Waals surface area contributed by atoms with Gasteiger partial charge < -0.3 is 14.7 Å². The maximum absolute atomic E-state index is 10.4. The van der Waals surface area contributed by atoms with E-state index in [9.17, 15) is 5.11 Å². The van der Waals surface area contributed by atoms with Crippen molar-refractivity contribution in [1.29, 1.82) is 0 Å². The Hall–Kier alpha value is -2.66. The number of nitrogens with zero attached hydrogens (tertiary/aromatic N) is 3. The predicted molar refractivity (Wildman–Crippen MR) is 103 cm³/mol. The van der Waals surface area contributed by atoms with Gasteiger partial charge >= 0.3 is 0 Å². The van der Waals surface area contributed by atoms with Crippen molar-refractivity contribution in [3.8, 4) is 22.9 Å². The molecule has 1 aromatic heterocycles. The first-order chi connectivity index (χ1) is 12.6. The average molecular weight is 349 g/mol. The molecule has 4 rings (SSSR count). The van der Waals surface area contributed by atoms with Gasteiger partial charge in [0.2, 0.25) is 5.88 Å². The molecule has 1 aliphatic heterocycles. The van der Waals surface area contributed by atoms with Gasteiger partial charge in [0.1, 0.15) is 17.5 Å². The molecule has 1 atom stereocenters. The first-order valence-corrected chi connectivity index (χ1v) is 9.02. The van der Waals surface area contributed by atoms with E-state index < -0.39 is 0 Å². The summed E-state index contributed by atoms with van der Waals surface area (Å²) in [5, 5.41) is 21.0. The first kappa shape index (κ1) is 16.8. The Balaban J connectivity index is 1.76. The Bertz CT molecular complexity index is 942. The molecule has 0 radical (unpaired) electrons. The number of likely N-dealkylation sites (tertiary alicyclic amines) is 1. The summed E-state index contributed by atoms with van der Waals surface area (Å²) < 4.78 is 6.20. The van der Waals surface area contributed by atoms with Crippen molar-refractivity contribution in [2.24, 2.45) is 0 Å². The van der Waals surface area contributed by atoms with Crippen molar-refractivity contribution in [3.05, 3.63) is 48.0 Å². The minimum Gasteiger partial charge on any atom is -0.507 e. The third kappa shape index (κ3) is 3.22. The van der Waals surface area contributed by atoms with Crippen molar-refractivity contribution in [2.75, 3.05) is 20.1 Å². The molecule has 0 saturated carbocycles. The largest absolute Gasteiger partial charge is 0.507 e. The van der Waals surface area contributed by atoms with E-state index in [0.29, 0.717) is 17.1 Å². The SMILES string of the molecule is Cc1ccc(-c2nnc(OC3CCCN(C)C3)c3ccccc23)c(O)c1. The lowest BCUT2D eigenvalue weighted by atomic mass is 10.0. The van der Waals surface area contributed by atoms with Crippen LogP contribution in [0.3, 0.4) is 0 Å². The highest BCUT2D eigenvalue weighted by molar-refractivity contribution is 5.98. The smallest absolute Gasteiger partial charge is 0.241 e. The van der Waals surface area contributed by atoms with Crippen LogP contribution in [0.25, 0.3) is 22.0 Å². The summed E-state index contributed by atoms with van der Waals surface area (Å²) in [5.41, 5.74) is 2.36. The van der Waals surface area contributed by atoms with E-state index in [1.807, 2.05) is 43.3 Å². The summed E-state index contributed by atoms with van der Waals surface area (Å²) in [7, 11) is 2.11. The second kappa shape index (κ2) is 6.92. The molecule has 0 bridgehead atoms. The highest BCUT2D eigenvalue weighted by atomic mass is 16.5. The van der Waals surface area contributed by atoms with E-state index in [2.05, 4.69) is 22.1 Å². The minimum atomic E-state index is 0.130. The molecule has 26 heavy (non-hydrogen) atoms. The number of hydrogen-bond acceptors (Lipinski definition) is 5. The van der Waals surface area contributed by atoms with Gasteiger partial charge in [-0.25, -0.2) is 0 Å². The monoisotopic (exact) mass is 349 g/mol. The molecular weight excluding hydrogens is 326 g/mol. The summed E-state index contributed by atoms with van der Waals surface area (Å²) in [6.45, 7) is 3.96. The molecule has 5 nitrogen and oxygen atoms in total. The molecule has 1 N–H and O–H groups in total. The molecule has 134 valence electrons. The fraction of sp³-hybridized carbons (Fsp3) is 0.333. The van der Waals surface area contributed by atoms with Crippen LogP contribution in [0.1, 0.15) is 18.4 Å². The van der Waals surface area contributed by atoms with Crippen molar-refractivity contribution in [1.82, 2.24) is 15.1 Å². The number of benzene rings is 2. The lowest BCUT2D eigenvalue weighted by Gasteiger charge is -2.29. The zero-order valence-corrected chi connectivity index (χ0v) is 15.1. The Kier molecular flexibility index (Phi) is 4.47. The summed E-state index contributed by atoms with van der Waals surface area (Å²) in [5.74, 6) is 0.781. The number of aromatic hydroxyl groups is 1. The standard InChI is InChI=1S/C21H23N3O2/c1-14-9-10-18(19(25)12-14)20-16-7-3-4-8-17(16)21(23-22-20)26-15-6-5-11-24(2)13-15/h3-4,7-10,12,15,25H,5-6,11,13H2,1-2H3. The van der Waals surface area contributed by atoms with Gasteiger partial charge in [-0.05, 0) is 57.1 Å². The van der Waals surface area contributed by atoms with Crippen LogP contribution in [0.5, 0.6) is 11.6 Å². The Morgan fingerprint density at radius 3 is 2.69 bits per heavy atom. The lowest BCUT2D eigenvalue weighted by molar-refractivity contribution is 0.101. The second-order valence-corrected chi connectivity index (χ2v) is 7.06. The van der Waals surface area contributed by atoms with E-state index in [0.717, 1.165) is 42.3 Å². The third-order valence-corrected chi connectivity index (χ3v) is 4.92. The number of rotatable bonds is 3. The number of phenolic OH excluding ortho intramolecular Hbond substituents is 1. The van der Waals surface area contributed by atoms with Gasteiger partial charge in [-0.1, -0.05) is 24.3 Å². The number of aryl methyl sites for hydroxylation is 1. The molecule has 3 aromatic rings. The van der Waals surface area contributed by atoms with Gasteiger partial charge in [-0.3, -0.25) is 0 Å². The highest BCUT2D eigenvalue weighted by Crippen LogP contribution is 2.36. The normalized spacial score (nSPS) is 18.2. The zero-order chi connectivity index (χ0) is 18.1. The summed E-state index contributed by atoms with van der Waals surface area (Å²) in [4.78, 5) is 2.28. The topological polar surface area (TPSA) is 58.5 Å². The molecule has 1 aliphatic rings. The molecule has 0 amide bonds. The first-order valence-electron chi connectivity index (χ1n) is 9.02. The number of likely N-dealkylation sites (N-methyl/N-ethyl adjacent to an activating group) is 1. The fourth-order valence-electron chi connectivity index (χ4n) is 3.58. The quantitative estimate of drug-likeness (QED) is 0.780. The van der Waals surface area contributed by atoms with Crippen LogP contribution in [0.15, 0.2) is 42.5 Å². The fourth-order valence-corrected chi connectivity index (χ4v) is 3.58. The number of aromatic nitrogens is 2. The molecule has 2 heterocycles. The molecule has 5 heteroatoms. The van der Waals surface area contributed by atoms with Crippen molar-refractivity contribution in [2.45, 2.75) is 25.9 Å². The van der Waals surface area contributed by atoms with Crippen LogP contribution < -0.4 is 4.74 Å². The van der Waals surface area contributed by atoms with Gasteiger partial charge in [0.05, 0.1) is 0 Å². The Labute approximate surface area is 153 Å². The summed E-state index contributed by atoms with van der Waals surface area (Å²) >= 11 is 0. The number of phenols is 1. The van der Waals surface area contributed by atoms with Gasteiger partial charge in [-0.2, -0.15) is 0 Å². The lowest BCUT2D eigenvalue weighted by Crippen LogP contribution is -2.38. The van der Waals surface area contributed by atoms with E-state index >= 15 is 0 Å².